The number of carbonyl (C=O) groups is 1. The van der Waals surface area contributed by atoms with Gasteiger partial charge in [0.2, 0.25) is 0 Å². The lowest BCUT2D eigenvalue weighted by Gasteiger charge is -2.30. The van der Waals surface area contributed by atoms with Crippen molar-refractivity contribution in [2.75, 3.05) is 20.8 Å². The third-order valence-electron chi connectivity index (χ3n) is 11.9. The molecule has 12 heteroatoms. The Morgan fingerprint density at radius 1 is 0.932 bits per heavy atom. The quantitative estimate of drug-likeness (QED) is 0.160. The van der Waals surface area contributed by atoms with E-state index < -0.39 is 11.6 Å². The number of hydrogen-bond donors (Lipinski definition) is 0. The minimum absolute atomic E-state index is 0.299. The van der Waals surface area contributed by atoms with Gasteiger partial charge in [-0.1, -0.05) is 29.8 Å². The maximum absolute atomic E-state index is 14.5. The zero-order valence-electron chi connectivity index (χ0n) is 34.6. The van der Waals surface area contributed by atoms with Crippen molar-refractivity contribution < 1.29 is 28.1 Å². The average Bonchev–Trinajstić information content (AvgIpc) is 3.85. The Morgan fingerprint density at radius 3 is 2.49 bits per heavy atom. The molecule has 8 rings (SSSR count). The van der Waals surface area contributed by atoms with Crippen LogP contribution in [0.5, 0.6) is 11.5 Å². The van der Waals surface area contributed by atoms with Crippen LogP contribution >= 0.6 is 11.6 Å². The monoisotopic (exact) mass is 817 g/mol. The van der Waals surface area contributed by atoms with Gasteiger partial charge in [0.15, 0.2) is 0 Å². The molecule has 0 saturated carbocycles. The average molecular weight is 818 g/mol. The van der Waals surface area contributed by atoms with Crippen LogP contribution in [-0.2, 0) is 61.6 Å². The summed E-state index contributed by atoms with van der Waals surface area (Å²) in [5, 5.41) is 13.1. The molecular formula is C47H49ClFN5O5. The summed E-state index contributed by atoms with van der Waals surface area (Å²) in [4.78, 5) is 13.6. The van der Waals surface area contributed by atoms with Crippen molar-refractivity contribution in [1.82, 2.24) is 24.1 Å². The van der Waals surface area contributed by atoms with Crippen LogP contribution in [0.4, 0.5) is 4.39 Å². The third-order valence-corrected chi connectivity index (χ3v) is 12.2. The molecule has 7 aromatic rings. The van der Waals surface area contributed by atoms with Gasteiger partial charge >= 0.3 is 5.97 Å². The van der Waals surface area contributed by atoms with Gasteiger partial charge in [-0.05, 0) is 130 Å². The summed E-state index contributed by atoms with van der Waals surface area (Å²) in [6.45, 7) is 7.22. The summed E-state index contributed by atoms with van der Waals surface area (Å²) in [6.07, 6.45) is 3.17. The summed E-state index contributed by atoms with van der Waals surface area (Å²) < 4.78 is 44.7. The Bertz CT molecular complexity index is 2720. The van der Waals surface area contributed by atoms with Gasteiger partial charge in [-0.3, -0.25) is 9.36 Å². The number of halogens is 2. The standard InChI is InChI=1S/C47H49ClFN5O5/c1-28-41-39-18-17-38(48)43(41)42-29(2)52(4)51-45(42)47(3,59-27-30-10-14-36(56-6)15-11-30)20-19-34-26-35(53(5)50-34)13-9-31-23-32-25-33(49)12-16-37(32)40(24-31)58-22-8-21-54(39)44(28)46(55)57-7/h10-12,14-18,23-26H,8-9,13,19-22,27H2,1-7H3/t47-/m0/s1. The second-order valence-electron chi connectivity index (χ2n) is 15.6. The van der Waals surface area contributed by atoms with Crippen molar-refractivity contribution in [3.63, 3.8) is 0 Å². The number of methoxy groups -OCH3 is 2. The van der Waals surface area contributed by atoms with Gasteiger partial charge in [0.25, 0.3) is 0 Å². The van der Waals surface area contributed by atoms with Gasteiger partial charge in [0, 0.05) is 64.5 Å². The SMILES string of the molecule is COC(=O)c1c(C)c2c3c(Cl)ccc2n1CCCOc1cc(cc2cc(F)ccc12)CCc1cc(nn1C)CC[C@](C)(OCc1ccc(OC)cc1)c1nn(C)c(C)c1-3. The fourth-order valence-corrected chi connectivity index (χ4v) is 8.80. The van der Waals surface area contributed by atoms with E-state index in [-0.39, 0.29) is 5.82 Å². The number of carbonyl (C=O) groups excluding carboxylic acids is 1. The molecule has 306 valence electrons. The van der Waals surface area contributed by atoms with E-state index in [1.165, 1.54) is 13.2 Å². The van der Waals surface area contributed by atoms with Crippen molar-refractivity contribution in [3.05, 3.63) is 129 Å². The van der Waals surface area contributed by atoms with E-state index >= 15 is 0 Å². The number of esters is 1. The van der Waals surface area contributed by atoms with Crippen LogP contribution in [0.25, 0.3) is 32.8 Å². The Labute approximate surface area is 348 Å². The smallest absolute Gasteiger partial charge is 0.354 e. The number of benzene rings is 4. The molecule has 1 aliphatic rings. The molecule has 3 aromatic heterocycles. The molecule has 0 aliphatic carbocycles. The number of fused-ring (bicyclic) bond motifs is 8. The molecule has 0 amide bonds. The summed E-state index contributed by atoms with van der Waals surface area (Å²) >= 11 is 7.28. The van der Waals surface area contributed by atoms with Gasteiger partial charge in [-0.15, -0.1) is 0 Å². The Kier molecular flexibility index (Phi) is 11.0. The van der Waals surface area contributed by atoms with Gasteiger partial charge in [-0.25, -0.2) is 9.18 Å². The minimum atomic E-state index is -0.918. The highest BCUT2D eigenvalue weighted by atomic mass is 35.5. The number of aromatic nitrogens is 5. The van der Waals surface area contributed by atoms with Crippen molar-refractivity contribution in [3.8, 4) is 22.6 Å². The molecule has 59 heavy (non-hydrogen) atoms. The fraction of sp³-hybridized carbons (Fsp3) is 0.340. The van der Waals surface area contributed by atoms with Crippen molar-refractivity contribution in [2.45, 2.75) is 71.6 Å². The normalized spacial score (nSPS) is 16.2. The molecule has 0 fully saturated rings. The highest BCUT2D eigenvalue weighted by Crippen LogP contribution is 2.46. The van der Waals surface area contributed by atoms with Gasteiger partial charge in [0.05, 0.1) is 33.1 Å². The van der Waals surface area contributed by atoms with E-state index in [1.54, 1.807) is 19.2 Å². The number of ether oxygens (including phenoxy) is 4. The first kappa shape index (κ1) is 40.1. The highest BCUT2D eigenvalue weighted by Gasteiger charge is 2.37. The summed E-state index contributed by atoms with van der Waals surface area (Å²) in [7, 11) is 6.96. The highest BCUT2D eigenvalue weighted by molar-refractivity contribution is 6.35. The molecule has 0 unspecified atom stereocenters. The van der Waals surface area contributed by atoms with Crippen LogP contribution in [0.3, 0.4) is 0 Å². The van der Waals surface area contributed by atoms with E-state index in [1.807, 2.05) is 84.3 Å². The molecule has 8 bridgehead atoms. The van der Waals surface area contributed by atoms with Gasteiger partial charge in [-0.2, -0.15) is 10.2 Å². The Balaban J connectivity index is 1.30. The Hall–Kier alpha value is -5.65. The van der Waals surface area contributed by atoms with E-state index in [2.05, 4.69) is 19.1 Å². The van der Waals surface area contributed by atoms with Crippen LogP contribution in [0.1, 0.15) is 69.7 Å². The second kappa shape index (κ2) is 16.2. The number of nitrogens with zero attached hydrogens (tertiary/aromatic N) is 5. The molecule has 4 heterocycles. The lowest BCUT2D eigenvalue weighted by atomic mass is 9.87. The number of aryl methyl sites for hydroxylation is 7. The first-order chi connectivity index (χ1) is 28.4. The summed E-state index contributed by atoms with van der Waals surface area (Å²) in [5.74, 6) is 0.720. The van der Waals surface area contributed by atoms with E-state index in [0.29, 0.717) is 61.9 Å². The van der Waals surface area contributed by atoms with Crippen molar-refractivity contribution in [1.29, 1.82) is 0 Å². The molecule has 1 atom stereocenters. The van der Waals surface area contributed by atoms with Crippen LogP contribution in [0.2, 0.25) is 5.02 Å². The largest absolute Gasteiger partial charge is 0.497 e. The van der Waals surface area contributed by atoms with Crippen molar-refractivity contribution in [2.24, 2.45) is 14.1 Å². The number of rotatable bonds is 5. The maximum atomic E-state index is 14.5. The molecule has 0 N–H and O–H groups in total. The van der Waals surface area contributed by atoms with E-state index in [0.717, 1.165) is 84.4 Å². The van der Waals surface area contributed by atoms with E-state index in [9.17, 15) is 9.18 Å². The van der Waals surface area contributed by atoms with Crippen molar-refractivity contribution >= 4 is 39.2 Å². The molecule has 1 aliphatic heterocycles. The topological polar surface area (TPSA) is 94.6 Å². The number of hydrogen-bond acceptors (Lipinski definition) is 7. The summed E-state index contributed by atoms with van der Waals surface area (Å²) in [6, 6.07) is 22.8. The lowest BCUT2D eigenvalue weighted by Crippen LogP contribution is -2.28. The van der Waals surface area contributed by atoms with Crippen LogP contribution in [0.15, 0.2) is 72.8 Å². The zero-order valence-corrected chi connectivity index (χ0v) is 35.4. The van der Waals surface area contributed by atoms with Gasteiger partial charge in [0.1, 0.15) is 34.3 Å². The molecule has 0 saturated heterocycles. The zero-order chi connectivity index (χ0) is 41.6. The third kappa shape index (κ3) is 7.58. The van der Waals surface area contributed by atoms with Crippen LogP contribution in [-0.4, -0.2) is 50.9 Å². The van der Waals surface area contributed by atoms with E-state index in [4.69, 9.17) is 40.7 Å². The van der Waals surface area contributed by atoms with Gasteiger partial charge < -0.3 is 23.5 Å². The van der Waals surface area contributed by atoms with Crippen LogP contribution in [0, 0.1) is 19.7 Å². The molecule has 0 spiro atoms. The predicted octanol–water partition coefficient (Wildman–Crippen LogP) is 9.77. The molecular weight excluding hydrogens is 769 g/mol. The predicted molar refractivity (Wildman–Crippen MR) is 228 cm³/mol. The molecule has 4 aromatic carbocycles. The lowest BCUT2D eigenvalue weighted by molar-refractivity contribution is -0.0571. The first-order valence-electron chi connectivity index (χ1n) is 20.0. The minimum Gasteiger partial charge on any atom is -0.497 e. The fourth-order valence-electron chi connectivity index (χ4n) is 8.55. The second-order valence-corrected chi connectivity index (χ2v) is 16.1. The molecule has 0 radical (unpaired) electrons. The van der Waals surface area contributed by atoms with Crippen LogP contribution < -0.4 is 9.47 Å². The summed E-state index contributed by atoms with van der Waals surface area (Å²) in [5.41, 5.74) is 8.45. The maximum Gasteiger partial charge on any atom is 0.354 e. The Morgan fingerprint density at radius 2 is 1.73 bits per heavy atom. The molecule has 10 nitrogen and oxygen atoms in total. The first-order valence-corrected chi connectivity index (χ1v) is 20.3.